The van der Waals surface area contributed by atoms with Gasteiger partial charge in [-0.15, -0.1) is 0 Å². The van der Waals surface area contributed by atoms with Crippen molar-refractivity contribution >= 4 is 28.9 Å². The van der Waals surface area contributed by atoms with Crippen molar-refractivity contribution in [3.63, 3.8) is 0 Å². The highest BCUT2D eigenvalue weighted by atomic mass is 16.7. The number of carbonyl (C=O) groups is 2. The van der Waals surface area contributed by atoms with Crippen molar-refractivity contribution < 1.29 is 34.3 Å². The van der Waals surface area contributed by atoms with Crippen molar-refractivity contribution in [1.82, 2.24) is 10.4 Å². The molecule has 4 N–H and O–H groups in total. The summed E-state index contributed by atoms with van der Waals surface area (Å²) in [5.74, 6) is -0.788. The van der Waals surface area contributed by atoms with Crippen LogP contribution in [0.5, 0.6) is 0 Å². The highest BCUT2D eigenvalue weighted by molar-refractivity contribution is 5.91. The first-order chi connectivity index (χ1) is 22.3. The fourth-order valence-electron chi connectivity index (χ4n) is 5.75. The van der Waals surface area contributed by atoms with Crippen LogP contribution in [0.25, 0.3) is 0 Å². The minimum atomic E-state index is -0.687. The standard InChI is InChI=1S/C33H39N5O8/c39-22-23-7-9-24(10-8-23)30-20-29(21-36-15-17-37(18-16-36)27-11-13-28(14-12-27)38(43)44)45-33(46-30)25-3-1-4-26(19-25)34-31(40)5-2-6-32(41)35-42/h1,3-4,7-14,19,29-30,33,39,42H,2,5-6,15-18,20-22H2,(H,34,40)(H,35,41)/t29-,30+,33+/m0/s1. The Labute approximate surface area is 266 Å². The highest BCUT2D eigenvalue weighted by Crippen LogP contribution is 2.39. The molecule has 0 spiro atoms. The van der Waals surface area contributed by atoms with E-state index in [1.165, 1.54) is 12.1 Å². The van der Waals surface area contributed by atoms with Gasteiger partial charge in [-0.2, -0.15) is 0 Å². The molecule has 244 valence electrons. The molecule has 0 saturated carbocycles. The number of piperazine rings is 1. The third kappa shape index (κ3) is 8.86. The number of hydrogen-bond donors (Lipinski definition) is 4. The number of nitro groups is 1. The van der Waals surface area contributed by atoms with Crippen molar-refractivity contribution in [1.29, 1.82) is 0 Å². The third-order valence-corrected chi connectivity index (χ3v) is 8.25. The number of hydrogen-bond acceptors (Lipinski definition) is 10. The zero-order valence-corrected chi connectivity index (χ0v) is 25.4. The molecule has 0 radical (unpaired) electrons. The summed E-state index contributed by atoms with van der Waals surface area (Å²) in [6, 6.07) is 21.7. The maximum atomic E-state index is 12.5. The lowest BCUT2D eigenvalue weighted by Gasteiger charge is -2.41. The van der Waals surface area contributed by atoms with Gasteiger partial charge in [0.05, 0.1) is 23.7 Å². The van der Waals surface area contributed by atoms with Gasteiger partial charge in [0.25, 0.3) is 5.69 Å². The zero-order valence-electron chi connectivity index (χ0n) is 25.4. The number of nitrogens with zero attached hydrogens (tertiary/aromatic N) is 3. The smallest absolute Gasteiger partial charge is 0.269 e. The highest BCUT2D eigenvalue weighted by Gasteiger charge is 2.34. The molecule has 0 bridgehead atoms. The Balaban J connectivity index is 1.24. The molecular weight excluding hydrogens is 594 g/mol. The van der Waals surface area contributed by atoms with Crippen molar-refractivity contribution in [2.24, 2.45) is 0 Å². The van der Waals surface area contributed by atoms with Crippen molar-refractivity contribution in [2.75, 3.05) is 42.9 Å². The van der Waals surface area contributed by atoms with Crippen LogP contribution >= 0.6 is 0 Å². The second-order valence-corrected chi connectivity index (χ2v) is 11.5. The van der Waals surface area contributed by atoms with Crippen LogP contribution in [0.3, 0.4) is 0 Å². The lowest BCUT2D eigenvalue weighted by molar-refractivity contribution is -0.384. The number of nitro benzene ring substituents is 1. The number of carbonyl (C=O) groups excluding carboxylic acids is 2. The van der Waals surface area contributed by atoms with Crippen LogP contribution in [0, 0.1) is 10.1 Å². The van der Waals surface area contributed by atoms with E-state index in [4.69, 9.17) is 14.7 Å². The molecular formula is C33H39N5O8. The van der Waals surface area contributed by atoms with Crippen molar-refractivity contribution in [3.8, 4) is 0 Å². The second kappa shape index (κ2) is 15.7. The Morgan fingerprint density at radius 3 is 2.30 bits per heavy atom. The maximum Gasteiger partial charge on any atom is 0.269 e. The molecule has 2 aliphatic heterocycles. The molecule has 5 rings (SSSR count). The molecule has 2 saturated heterocycles. The van der Waals surface area contributed by atoms with Gasteiger partial charge in [-0.25, -0.2) is 5.48 Å². The van der Waals surface area contributed by atoms with Gasteiger partial charge < -0.3 is 24.8 Å². The van der Waals surface area contributed by atoms with Crippen molar-refractivity contribution in [3.05, 3.63) is 99.6 Å². The van der Waals surface area contributed by atoms with Crippen LogP contribution < -0.4 is 15.7 Å². The quantitative estimate of drug-likeness (QED) is 0.130. The Kier molecular flexibility index (Phi) is 11.3. The van der Waals surface area contributed by atoms with Gasteiger partial charge in [-0.1, -0.05) is 36.4 Å². The molecule has 13 heteroatoms. The van der Waals surface area contributed by atoms with Crippen LogP contribution in [0.4, 0.5) is 17.1 Å². The number of amides is 2. The van der Waals surface area contributed by atoms with Crippen LogP contribution in [0.2, 0.25) is 0 Å². The first kappa shape index (κ1) is 33.0. The van der Waals surface area contributed by atoms with E-state index in [2.05, 4.69) is 15.1 Å². The largest absolute Gasteiger partial charge is 0.392 e. The van der Waals surface area contributed by atoms with Gasteiger partial charge in [0, 0.05) is 81.1 Å². The third-order valence-electron chi connectivity index (χ3n) is 8.25. The van der Waals surface area contributed by atoms with Gasteiger partial charge in [0.2, 0.25) is 11.8 Å². The minimum absolute atomic E-state index is 0.0425. The number of nitrogens with one attached hydrogen (secondary N) is 2. The van der Waals surface area contributed by atoms with E-state index in [0.717, 1.165) is 48.6 Å². The van der Waals surface area contributed by atoms with E-state index < -0.39 is 17.1 Å². The summed E-state index contributed by atoms with van der Waals surface area (Å²) in [6.45, 7) is 3.82. The fraction of sp³-hybridized carbons (Fsp3) is 0.394. The normalized spacial score (nSPS) is 20.2. The molecule has 0 aromatic heterocycles. The average molecular weight is 634 g/mol. The number of hydroxylamine groups is 1. The summed E-state index contributed by atoms with van der Waals surface area (Å²) in [6.07, 6.45) is 0.00841. The number of benzene rings is 3. The predicted octanol–water partition coefficient (Wildman–Crippen LogP) is 4.07. The molecule has 3 aromatic carbocycles. The van der Waals surface area contributed by atoms with Gasteiger partial charge >= 0.3 is 0 Å². The lowest BCUT2D eigenvalue weighted by atomic mass is 9.99. The molecule has 3 aromatic rings. The summed E-state index contributed by atoms with van der Waals surface area (Å²) in [4.78, 5) is 38.9. The zero-order chi connectivity index (χ0) is 32.5. The van der Waals surface area contributed by atoms with E-state index in [1.54, 1.807) is 23.7 Å². The maximum absolute atomic E-state index is 12.5. The topological polar surface area (TPSA) is 167 Å². The number of aliphatic hydroxyl groups excluding tert-OH is 1. The van der Waals surface area contributed by atoms with Gasteiger partial charge in [0.1, 0.15) is 0 Å². The summed E-state index contributed by atoms with van der Waals surface area (Å²) in [7, 11) is 0. The van der Waals surface area contributed by atoms with E-state index in [0.29, 0.717) is 25.1 Å². The molecule has 0 aliphatic carbocycles. The molecule has 0 unspecified atom stereocenters. The van der Waals surface area contributed by atoms with E-state index in [-0.39, 0.29) is 43.3 Å². The van der Waals surface area contributed by atoms with Crippen LogP contribution in [-0.4, -0.2) is 70.8 Å². The predicted molar refractivity (Wildman–Crippen MR) is 169 cm³/mol. The molecule has 2 fully saturated rings. The molecule has 2 amide bonds. The minimum Gasteiger partial charge on any atom is -0.392 e. The lowest BCUT2D eigenvalue weighted by Crippen LogP contribution is -2.49. The van der Waals surface area contributed by atoms with Gasteiger partial charge in [-0.05, 0) is 41.8 Å². The van der Waals surface area contributed by atoms with E-state index in [1.807, 2.05) is 42.5 Å². The average Bonchev–Trinajstić information content (AvgIpc) is 3.08. The molecule has 13 nitrogen and oxygen atoms in total. The monoisotopic (exact) mass is 633 g/mol. The number of aliphatic hydroxyl groups is 1. The summed E-state index contributed by atoms with van der Waals surface area (Å²) >= 11 is 0. The summed E-state index contributed by atoms with van der Waals surface area (Å²) in [5, 5.41) is 32.0. The fourth-order valence-corrected chi connectivity index (χ4v) is 5.75. The molecule has 46 heavy (non-hydrogen) atoms. The van der Waals surface area contributed by atoms with Crippen molar-refractivity contribution in [2.45, 2.75) is 50.8 Å². The molecule has 2 heterocycles. The number of non-ortho nitro benzene ring substituents is 1. The Bertz CT molecular complexity index is 1480. The first-order valence-corrected chi connectivity index (χ1v) is 15.4. The SMILES string of the molecule is O=C(CCCC(=O)Nc1cccc([C@@H]2O[C@H](CN3CCN(c4ccc([N+](=O)[O-])cc4)CC3)C[C@H](c3ccc(CO)cc3)O2)c1)NO. The summed E-state index contributed by atoms with van der Waals surface area (Å²) < 4.78 is 13.0. The first-order valence-electron chi connectivity index (χ1n) is 15.4. The molecule has 3 atom stereocenters. The number of anilines is 2. The Hall–Kier alpha value is -4.40. The van der Waals surface area contributed by atoms with E-state index in [9.17, 15) is 24.8 Å². The Morgan fingerprint density at radius 1 is 0.913 bits per heavy atom. The number of ether oxygens (including phenoxy) is 2. The van der Waals surface area contributed by atoms with Gasteiger partial charge in [-0.3, -0.25) is 29.8 Å². The van der Waals surface area contributed by atoms with E-state index >= 15 is 0 Å². The van der Waals surface area contributed by atoms with Gasteiger partial charge in [0.15, 0.2) is 6.29 Å². The Morgan fingerprint density at radius 2 is 1.63 bits per heavy atom. The van der Waals surface area contributed by atoms with Crippen LogP contribution in [-0.2, 0) is 25.7 Å². The summed E-state index contributed by atoms with van der Waals surface area (Å²) in [5.41, 5.74) is 5.72. The second-order valence-electron chi connectivity index (χ2n) is 11.5. The molecule has 2 aliphatic rings. The van der Waals surface area contributed by atoms with Crippen LogP contribution in [0.1, 0.15) is 54.8 Å². The number of rotatable bonds is 12. The van der Waals surface area contributed by atoms with Crippen LogP contribution in [0.15, 0.2) is 72.8 Å².